The lowest BCUT2D eigenvalue weighted by atomic mass is 10.5. The molecule has 1 saturated heterocycles. The number of hydrogen-bond acceptors (Lipinski definition) is 4. The predicted octanol–water partition coefficient (Wildman–Crippen LogP) is 0.344. The maximum Gasteiger partial charge on any atom is 0.366 e. The van der Waals surface area contributed by atoms with Crippen molar-refractivity contribution in [3.05, 3.63) is 0 Å². The molecule has 4 nitrogen and oxygen atoms in total. The maximum atomic E-state index is 10.1. The van der Waals surface area contributed by atoms with Crippen molar-refractivity contribution >= 4 is 17.1 Å². The summed E-state index contributed by atoms with van der Waals surface area (Å²) in [5, 5.41) is 10.4. The highest BCUT2D eigenvalue weighted by molar-refractivity contribution is 8.13. The fourth-order valence-corrected chi connectivity index (χ4v) is 1.35. The molecule has 58 valence electrons. The molecule has 0 bridgehead atoms. The van der Waals surface area contributed by atoms with E-state index in [1.807, 2.05) is 0 Å². The summed E-state index contributed by atoms with van der Waals surface area (Å²) in [5.41, 5.74) is 0. The van der Waals surface area contributed by atoms with E-state index in [4.69, 9.17) is 9.84 Å². The van der Waals surface area contributed by atoms with Crippen LogP contribution >= 0.6 is 11.8 Å². The number of hydrogen-bond donors (Lipinski definition) is 2. The lowest BCUT2D eigenvalue weighted by molar-refractivity contribution is 0.100. The van der Waals surface area contributed by atoms with Gasteiger partial charge in [0.05, 0.1) is 18.6 Å². The van der Waals surface area contributed by atoms with Gasteiger partial charge in [-0.05, 0) is 11.8 Å². The highest BCUT2D eigenvalue weighted by Gasteiger charge is 2.16. The van der Waals surface area contributed by atoms with E-state index in [2.05, 4.69) is 5.32 Å². The van der Waals surface area contributed by atoms with Gasteiger partial charge in [0.15, 0.2) is 0 Å². The molecule has 0 amide bonds. The Bertz CT molecular complexity index is 124. The highest BCUT2D eigenvalue weighted by Crippen LogP contribution is 2.10. The first-order valence-electron chi connectivity index (χ1n) is 3.00. The molecule has 1 aliphatic heterocycles. The number of carboxylic acid groups (broad SMARTS) is 1. The lowest BCUT2D eigenvalue weighted by Crippen LogP contribution is -2.39. The molecule has 1 rings (SSSR count). The molecule has 0 spiro atoms. The smallest absolute Gasteiger partial charge is 0.366 e. The van der Waals surface area contributed by atoms with Crippen LogP contribution in [-0.4, -0.2) is 35.5 Å². The molecular weight excluding hydrogens is 154 g/mol. The zero-order chi connectivity index (χ0) is 7.40. The number of thioether (sulfide) groups is 1. The summed E-state index contributed by atoms with van der Waals surface area (Å²) < 4.78 is 5.04. The molecular formula is C5H9NO3S. The van der Waals surface area contributed by atoms with Crippen LogP contribution in [0.3, 0.4) is 0 Å². The SMILES string of the molecule is O=C(O)SC1COCCN1. The second kappa shape index (κ2) is 3.80. The number of morpholine rings is 1. The van der Waals surface area contributed by atoms with Gasteiger partial charge in [-0.25, -0.2) is 4.79 Å². The van der Waals surface area contributed by atoms with E-state index < -0.39 is 5.30 Å². The van der Waals surface area contributed by atoms with Gasteiger partial charge in [-0.3, -0.25) is 0 Å². The molecule has 0 aromatic rings. The Balaban J connectivity index is 2.19. The first-order chi connectivity index (χ1) is 4.79. The summed E-state index contributed by atoms with van der Waals surface area (Å²) in [6, 6.07) is 0. The van der Waals surface area contributed by atoms with Crippen molar-refractivity contribution in [3.63, 3.8) is 0 Å². The molecule has 0 aliphatic carbocycles. The molecule has 1 aliphatic rings. The molecule has 0 aromatic heterocycles. The molecule has 1 unspecified atom stereocenters. The average molecular weight is 163 g/mol. The Morgan fingerprint density at radius 2 is 2.60 bits per heavy atom. The van der Waals surface area contributed by atoms with Crippen molar-refractivity contribution < 1.29 is 14.6 Å². The van der Waals surface area contributed by atoms with Crippen LogP contribution in [0.5, 0.6) is 0 Å². The van der Waals surface area contributed by atoms with Gasteiger partial charge < -0.3 is 15.2 Å². The first kappa shape index (κ1) is 7.84. The van der Waals surface area contributed by atoms with Gasteiger partial charge in [0, 0.05) is 6.54 Å². The average Bonchev–Trinajstić information content (AvgIpc) is 1.88. The summed E-state index contributed by atoms with van der Waals surface area (Å²) in [6.07, 6.45) is 0. The van der Waals surface area contributed by atoms with Crippen LogP contribution in [0.1, 0.15) is 0 Å². The minimum atomic E-state index is -0.858. The molecule has 1 atom stereocenters. The Labute approximate surface area is 62.9 Å². The lowest BCUT2D eigenvalue weighted by Gasteiger charge is -2.20. The third-order valence-electron chi connectivity index (χ3n) is 1.13. The number of rotatable bonds is 1. The second-order valence-corrected chi connectivity index (χ2v) is 3.06. The zero-order valence-electron chi connectivity index (χ0n) is 5.37. The van der Waals surface area contributed by atoms with Gasteiger partial charge >= 0.3 is 5.30 Å². The van der Waals surface area contributed by atoms with Gasteiger partial charge in [0.25, 0.3) is 0 Å². The van der Waals surface area contributed by atoms with E-state index in [0.29, 0.717) is 13.2 Å². The molecule has 0 saturated carbocycles. The molecule has 0 radical (unpaired) electrons. The van der Waals surface area contributed by atoms with Crippen LogP contribution in [0.25, 0.3) is 0 Å². The number of ether oxygens (including phenoxy) is 1. The van der Waals surface area contributed by atoms with Crippen molar-refractivity contribution in [3.8, 4) is 0 Å². The van der Waals surface area contributed by atoms with Crippen molar-refractivity contribution in [1.82, 2.24) is 5.32 Å². The summed E-state index contributed by atoms with van der Waals surface area (Å²) in [7, 11) is 0. The Hall–Kier alpha value is -0.260. The first-order valence-corrected chi connectivity index (χ1v) is 3.88. The van der Waals surface area contributed by atoms with Crippen molar-refractivity contribution in [2.45, 2.75) is 5.37 Å². The van der Waals surface area contributed by atoms with Gasteiger partial charge in [-0.2, -0.15) is 0 Å². The number of nitrogens with one attached hydrogen (secondary N) is 1. The van der Waals surface area contributed by atoms with Crippen LogP contribution in [0.15, 0.2) is 0 Å². The van der Waals surface area contributed by atoms with E-state index in [1.54, 1.807) is 0 Å². The largest absolute Gasteiger partial charge is 0.473 e. The van der Waals surface area contributed by atoms with Crippen molar-refractivity contribution in [1.29, 1.82) is 0 Å². The number of carbonyl (C=O) groups is 1. The summed E-state index contributed by atoms with van der Waals surface area (Å²) in [6.45, 7) is 1.90. The topological polar surface area (TPSA) is 58.6 Å². The van der Waals surface area contributed by atoms with Crippen molar-refractivity contribution in [2.75, 3.05) is 19.8 Å². The van der Waals surface area contributed by atoms with Crippen LogP contribution < -0.4 is 5.32 Å². The molecule has 1 heterocycles. The Morgan fingerprint density at radius 1 is 1.80 bits per heavy atom. The molecule has 1 fully saturated rings. The highest BCUT2D eigenvalue weighted by atomic mass is 32.2. The molecule has 5 heteroatoms. The summed E-state index contributed by atoms with van der Waals surface area (Å²) >= 11 is 0.856. The van der Waals surface area contributed by atoms with Crippen molar-refractivity contribution in [2.24, 2.45) is 0 Å². The minimum absolute atomic E-state index is 0.0775. The van der Waals surface area contributed by atoms with Crippen LogP contribution in [0, 0.1) is 0 Å². The van der Waals surface area contributed by atoms with Crippen LogP contribution in [0.2, 0.25) is 0 Å². The fraction of sp³-hybridized carbons (Fsp3) is 0.800. The van der Waals surface area contributed by atoms with E-state index in [0.717, 1.165) is 18.3 Å². The standard InChI is InChI=1S/C5H9NO3S/c7-5(8)10-4-3-9-2-1-6-4/h4,6H,1-3H2,(H,7,8). The van der Waals surface area contributed by atoms with E-state index in [1.165, 1.54) is 0 Å². The normalized spacial score (nSPS) is 26.2. The second-order valence-electron chi connectivity index (χ2n) is 1.90. The third-order valence-corrected chi connectivity index (χ3v) is 1.92. The minimum Gasteiger partial charge on any atom is -0.473 e. The Morgan fingerprint density at radius 3 is 3.10 bits per heavy atom. The Kier molecular flexibility index (Phi) is 2.98. The molecule has 0 aromatic carbocycles. The fourth-order valence-electron chi connectivity index (χ4n) is 0.739. The monoisotopic (exact) mass is 163 g/mol. The quantitative estimate of drug-likeness (QED) is 0.584. The van der Waals surface area contributed by atoms with Gasteiger partial charge in [-0.15, -0.1) is 0 Å². The molecule has 10 heavy (non-hydrogen) atoms. The maximum absolute atomic E-state index is 10.1. The van der Waals surface area contributed by atoms with Gasteiger partial charge in [-0.1, -0.05) is 0 Å². The summed E-state index contributed by atoms with van der Waals surface area (Å²) in [5.74, 6) is 0. The van der Waals surface area contributed by atoms with Crippen LogP contribution in [0.4, 0.5) is 4.79 Å². The van der Waals surface area contributed by atoms with Gasteiger partial charge in [0.1, 0.15) is 0 Å². The van der Waals surface area contributed by atoms with Gasteiger partial charge in [0.2, 0.25) is 0 Å². The van der Waals surface area contributed by atoms with E-state index >= 15 is 0 Å². The molecule has 2 N–H and O–H groups in total. The van der Waals surface area contributed by atoms with E-state index in [-0.39, 0.29) is 5.37 Å². The third kappa shape index (κ3) is 2.55. The van der Waals surface area contributed by atoms with E-state index in [9.17, 15) is 4.79 Å². The van der Waals surface area contributed by atoms with Crippen LogP contribution in [-0.2, 0) is 4.74 Å². The zero-order valence-corrected chi connectivity index (χ0v) is 6.19. The predicted molar refractivity (Wildman–Crippen MR) is 38.2 cm³/mol. The summed E-state index contributed by atoms with van der Waals surface area (Å²) in [4.78, 5) is 10.1.